The highest BCUT2D eigenvalue weighted by atomic mass is 32.2. The molecule has 0 bridgehead atoms. The van der Waals surface area contributed by atoms with E-state index in [4.69, 9.17) is 0 Å². The molecule has 0 aliphatic carbocycles. The number of nitrogens with zero attached hydrogens (tertiary/aromatic N) is 1. The highest BCUT2D eigenvalue weighted by molar-refractivity contribution is 7.99. The number of H-pyrrole nitrogens is 1. The Morgan fingerprint density at radius 2 is 2.08 bits per heavy atom. The molecule has 9 heteroatoms. The smallest absolute Gasteiger partial charge is 0.325 e. The molecule has 1 aromatic carbocycles. The van der Waals surface area contributed by atoms with Crippen molar-refractivity contribution < 1.29 is 18.0 Å². The molecule has 0 aliphatic rings. The molecule has 24 heavy (non-hydrogen) atoms. The number of carbonyl (C=O) groups is 1. The maximum atomic E-state index is 12.6. The molecule has 1 amide bonds. The van der Waals surface area contributed by atoms with Crippen molar-refractivity contribution in [3.8, 4) is 0 Å². The van der Waals surface area contributed by atoms with Gasteiger partial charge in [-0.2, -0.15) is 13.2 Å². The summed E-state index contributed by atoms with van der Waals surface area (Å²) < 4.78 is 37.9. The number of anilines is 1. The summed E-state index contributed by atoms with van der Waals surface area (Å²) in [6.45, 7) is 1.84. The number of benzene rings is 1. The van der Waals surface area contributed by atoms with Crippen LogP contribution in [0.4, 0.5) is 18.9 Å². The van der Waals surface area contributed by atoms with Crippen LogP contribution in [-0.2, 0) is 17.4 Å². The number of alkyl halides is 3. The quantitative estimate of drug-likeness (QED) is 0.637. The van der Waals surface area contributed by atoms with Gasteiger partial charge < -0.3 is 10.3 Å². The minimum Gasteiger partial charge on any atom is -0.325 e. The molecule has 0 fully saturated rings. The van der Waals surface area contributed by atoms with Crippen molar-refractivity contribution in [2.75, 3.05) is 11.1 Å². The van der Waals surface area contributed by atoms with E-state index in [0.717, 1.165) is 23.9 Å². The molecule has 0 aliphatic heterocycles. The molecule has 1 heterocycles. The first-order valence-electron chi connectivity index (χ1n) is 6.98. The fourth-order valence-corrected chi connectivity index (χ4v) is 2.53. The molecular weight excluding hydrogens is 343 g/mol. The topological polar surface area (TPSA) is 74.8 Å². The number of thioether (sulfide) groups is 1. The Kier molecular flexibility index (Phi) is 5.66. The lowest BCUT2D eigenvalue weighted by molar-refractivity contribution is -0.137. The Morgan fingerprint density at radius 3 is 2.75 bits per heavy atom. The fraction of sp³-hybridized carbons (Fsp3) is 0.267. The Morgan fingerprint density at radius 1 is 1.33 bits per heavy atom. The third kappa shape index (κ3) is 5.12. The maximum absolute atomic E-state index is 12.6. The number of hydrogen-bond donors (Lipinski definition) is 2. The van der Waals surface area contributed by atoms with Crippen LogP contribution in [0.15, 0.2) is 40.3 Å². The van der Waals surface area contributed by atoms with Crippen molar-refractivity contribution in [2.24, 2.45) is 0 Å². The summed E-state index contributed by atoms with van der Waals surface area (Å²) in [5.41, 5.74) is -0.504. The lowest BCUT2D eigenvalue weighted by atomic mass is 10.2. The molecule has 2 aromatic rings. The van der Waals surface area contributed by atoms with E-state index in [1.54, 1.807) is 0 Å². The van der Waals surface area contributed by atoms with E-state index >= 15 is 0 Å². The second kappa shape index (κ2) is 7.52. The van der Waals surface area contributed by atoms with Gasteiger partial charge in [-0.15, -0.1) is 0 Å². The van der Waals surface area contributed by atoms with Crippen LogP contribution in [0, 0.1) is 0 Å². The number of rotatable bonds is 5. The zero-order valence-corrected chi connectivity index (χ0v) is 13.4. The minimum atomic E-state index is -4.47. The number of hydrogen-bond acceptors (Lipinski definition) is 4. The molecule has 0 saturated carbocycles. The number of halogens is 3. The summed E-state index contributed by atoms with van der Waals surface area (Å²) >= 11 is 1.00. The van der Waals surface area contributed by atoms with E-state index in [9.17, 15) is 22.8 Å². The van der Waals surface area contributed by atoms with E-state index in [0.29, 0.717) is 17.3 Å². The Balaban J connectivity index is 1.99. The average molecular weight is 357 g/mol. The van der Waals surface area contributed by atoms with Gasteiger partial charge in [-0.05, 0) is 24.6 Å². The average Bonchev–Trinajstić information content (AvgIpc) is 2.52. The second-order valence-electron chi connectivity index (χ2n) is 4.81. The molecule has 5 nitrogen and oxygen atoms in total. The van der Waals surface area contributed by atoms with Gasteiger partial charge in [0, 0.05) is 17.4 Å². The van der Waals surface area contributed by atoms with Gasteiger partial charge >= 0.3 is 6.18 Å². The summed E-state index contributed by atoms with van der Waals surface area (Å²) in [5, 5.41) is 2.68. The van der Waals surface area contributed by atoms with E-state index in [1.165, 1.54) is 18.2 Å². The Bertz CT molecular complexity index is 790. The van der Waals surface area contributed by atoms with Crippen LogP contribution in [0.3, 0.4) is 0 Å². The van der Waals surface area contributed by atoms with Gasteiger partial charge in [0.1, 0.15) is 0 Å². The number of amides is 1. The van der Waals surface area contributed by atoms with Crippen LogP contribution in [-0.4, -0.2) is 21.6 Å². The van der Waals surface area contributed by atoms with Crippen LogP contribution in [0.2, 0.25) is 0 Å². The largest absolute Gasteiger partial charge is 0.416 e. The van der Waals surface area contributed by atoms with Crippen LogP contribution >= 0.6 is 11.8 Å². The molecule has 1 aromatic heterocycles. The van der Waals surface area contributed by atoms with Gasteiger partial charge in [-0.1, -0.05) is 24.8 Å². The third-order valence-corrected chi connectivity index (χ3v) is 3.82. The summed E-state index contributed by atoms with van der Waals surface area (Å²) in [7, 11) is 0. The van der Waals surface area contributed by atoms with Crippen LogP contribution < -0.4 is 10.9 Å². The fourth-order valence-electron chi connectivity index (χ4n) is 1.84. The predicted molar refractivity (Wildman–Crippen MR) is 85.0 cm³/mol. The second-order valence-corrected chi connectivity index (χ2v) is 5.77. The monoisotopic (exact) mass is 357 g/mol. The Hall–Kier alpha value is -2.29. The standard InChI is InChI=1S/C15H14F3N3O2S/c1-2-10-7-12(22)21-14(20-10)24-8-13(23)19-11-5-3-4-9(6-11)15(16,17)18/h3-7H,2,8H2,1H3,(H,19,23)(H,20,21,22). The lowest BCUT2D eigenvalue weighted by Crippen LogP contribution is -2.16. The van der Waals surface area contributed by atoms with Crippen molar-refractivity contribution in [3.63, 3.8) is 0 Å². The maximum Gasteiger partial charge on any atom is 0.416 e. The molecule has 2 rings (SSSR count). The van der Waals surface area contributed by atoms with Gasteiger partial charge in [0.05, 0.1) is 11.3 Å². The molecule has 2 N–H and O–H groups in total. The number of carbonyl (C=O) groups excluding carboxylic acids is 1. The first-order valence-corrected chi connectivity index (χ1v) is 7.96. The van der Waals surface area contributed by atoms with Crippen molar-refractivity contribution in [3.05, 3.63) is 51.9 Å². The van der Waals surface area contributed by atoms with E-state index in [2.05, 4.69) is 15.3 Å². The van der Waals surface area contributed by atoms with Gasteiger partial charge in [0.2, 0.25) is 5.91 Å². The first-order chi connectivity index (χ1) is 11.3. The summed E-state index contributed by atoms with van der Waals surface area (Å²) in [4.78, 5) is 29.9. The lowest BCUT2D eigenvalue weighted by Gasteiger charge is -2.09. The number of aromatic amines is 1. The molecule has 0 spiro atoms. The highest BCUT2D eigenvalue weighted by Gasteiger charge is 2.30. The Labute approximate surface area is 139 Å². The molecule has 0 unspecified atom stereocenters. The van der Waals surface area contributed by atoms with Crippen molar-refractivity contribution in [1.82, 2.24) is 9.97 Å². The van der Waals surface area contributed by atoms with Crippen LogP contribution in [0.5, 0.6) is 0 Å². The molecule has 0 saturated heterocycles. The molecule has 0 radical (unpaired) electrons. The van der Waals surface area contributed by atoms with E-state index < -0.39 is 17.6 Å². The molecule has 128 valence electrons. The first kappa shape index (κ1) is 18.1. The highest BCUT2D eigenvalue weighted by Crippen LogP contribution is 2.30. The molecular formula is C15H14F3N3O2S. The van der Waals surface area contributed by atoms with E-state index in [-0.39, 0.29) is 17.0 Å². The third-order valence-electron chi connectivity index (χ3n) is 2.95. The number of aromatic nitrogens is 2. The van der Waals surface area contributed by atoms with E-state index in [1.807, 2.05) is 6.92 Å². The predicted octanol–water partition coefficient (Wildman–Crippen LogP) is 3.08. The van der Waals surface area contributed by atoms with Gasteiger partial charge in [0.25, 0.3) is 5.56 Å². The van der Waals surface area contributed by atoms with Crippen LogP contribution in [0.25, 0.3) is 0 Å². The number of aryl methyl sites for hydroxylation is 1. The van der Waals surface area contributed by atoms with Gasteiger partial charge in [-0.25, -0.2) is 4.98 Å². The SMILES string of the molecule is CCc1cc(=O)[nH]c(SCC(=O)Nc2cccc(C(F)(F)F)c2)n1. The normalized spacial score (nSPS) is 11.3. The zero-order valence-electron chi connectivity index (χ0n) is 12.6. The van der Waals surface area contributed by atoms with Gasteiger partial charge in [-0.3, -0.25) is 9.59 Å². The summed E-state index contributed by atoms with van der Waals surface area (Å²) in [5.74, 6) is -0.587. The number of nitrogens with one attached hydrogen (secondary N) is 2. The zero-order chi connectivity index (χ0) is 17.7. The van der Waals surface area contributed by atoms with Gasteiger partial charge in [0.15, 0.2) is 5.16 Å². The van der Waals surface area contributed by atoms with Crippen molar-refractivity contribution in [1.29, 1.82) is 0 Å². The van der Waals surface area contributed by atoms with Crippen LogP contribution in [0.1, 0.15) is 18.2 Å². The summed E-state index contributed by atoms with van der Waals surface area (Å²) in [6, 6.07) is 5.74. The van der Waals surface area contributed by atoms with Crippen molar-refractivity contribution in [2.45, 2.75) is 24.7 Å². The summed E-state index contributed by atoms with van der Waals surface area (Å²) in [6.07, 6.45) is -3.90. The minimum absolute atomic E-state index is 0.0548. The molecule has 0 atom stereocenters. The van der Waals surface area contributed by atoms with Crippen molar-refractivity contribution >= 4 is 23.4 Å².